The minimum atomic E-state index is -0.377. The lowest BCUT2D eigenvalue weighted by molar-refractivity contribution is 0.479. The normalized spacial score (nSPS) is 15.2. The zero-order valence-electron chi connectivity index (χ0n) is 6.76. The monoisotopic (exact) mass is 163 g/mol. The maximum absolute atomic E-state index is 10.8. The Balaban J connectivity index is 2.53. The van der Waals surface area contributed by atoms with Crippen molar-refractivity contribution in [3.05, 3.63) is 39.7 Å². The zero-order valence-corrected chi connectivity index (χ0v) is 6.76. The third-order valence-corrected chi connectivity index (χ3v) is 1.88. The number of H-pyrrole nitrogens is 1. The SMILES string of the molecule is CC1=CCc2oc(=O)[nH]c2C=C1. The highest BCUT2D eigenvalue weighted by Gasteiger charge is 2.07. The van der Waals surface area contributed by atoms with E-state index in [4.69, 9.17) is 4.42 Å². The molecule has 0 atom stereocenters. The molecule has 0 bridgehead atoms. The number of rotatable bonds is 0. The van der Waals surface area contributed by atoms with Crippen molar-refractivity contribution in [1.29, 1.82) is 0 Å². The van der Waals surface area contributed by atoms with E-state index in [2.05, 4.69) is 4.98 Å². The highest BCUT2D eigenvalue weighted by Crippen LogP contribution is 2.14. The van der Waals surface area contributed by atoms with Crippen LogP contribution in [0.1, 0.15) is 18.4 Å². The second-order valence-electron chi connectivity index (χ2n) is 2.84. The maximum Gasteiger partial charge on any atom is 0.416 e. The Hall–Kier alpha value is -1.51. The molecule has 1 N–H and O–H groups in total. The molecule has 1 aliphatic rings. The fraction of sp³-hybridized carbons (Fsp3) is 0.222. The molecule has 0 amide bonds. The van der Waals surface area contributed by atoms with Crippen molar-refractivity contribution in [2.75, 3.05) is 0 Å². The summed E-state index contributed by atoms with van der Waals surface area (Å²) in [4.78, 5) is 13.4. The summed E-state index contributed by atoms with van der Waals surface area (Å²) in [6.07, 6.45) is 6.53. The maximum atomic E-state index is 10.8. The van der Waals surface area contributed by atoms with Crippen LogP contribution in [0.3, 0.4) is 0 Å². The smallest absolute Gasteiger partial charge is 0.412 e. The highest BCUT2D eigenvalue weighted by molar-refractivity contribution is 5.52. The average molecular weight is 163 g/mol. The van der Waals surface area contributed by atoms with Crippen LogP contribution in [0.2, 0.25) is 0 Å². The number of allylic oxidation sites excluding steroid dienone is 3. The van der Waals surface area contributed by atoms with Crippen LogP contribution in [0.4, 0.5) is 0 Å². The Labute approximate surface area is 69.4 Å². The number of aromatic amines is 1. The molecule has 0 radical (unpaired) electrons. The van der Waals surface area contributed by atoms with Crippen molar-refractivity contribution < 1.29 is 4.42 Å². The largest absolute Gasteiger partial charge is 0.416 e. The highest BCUT2D eigenvalue weighted by atomic mass is 16.4. The minimum Gasteiger partial charge on any atom is -0.412 e. The van der Waals surface area contributed by atoms with Gasteiger partial charge in [0.15, 0.2) is 0 Å². The van der Waals surface area contributed by atoms with Crippen molar-refractivity contribution in [2.24, 2.45) is 0 Å². The summed E-state index contributed by atoms with van der Waals surface area (Å²) in [6, 6.07) is 0. The number of hydrogen-bond donors (Lipinski definition) is 1. The zero-order chi connectivity index (χ0) is 8.55. The lowest BCUT2D eigenvalue weighted by Crippen LogP contribution is -1.94. The first-order valence-electron chi connectivity index (χ1n) is 3.82. The molecule has 1 aliphatic carbocycles. The van der Waals surface area contributed by atoms with Crippen molar-refractivity contribution >= 4 is 6.08 Å². The molecular weight excluding hydrogens is 154 g/mol. The first kappa shape index (κ1) is 7.16. The van der Waals surface area contributed by atoms with E-state index in [-0.39, 0.29) is 5.76 Å². The van der Waals surface area contributed by atoms with E-state index in [0.717, 1.165) is 5.69 Å². The van der Waals surface area contributed by atoms with E-state index in [1.165, 1.54) is 5.57 Å². The predicted octanol–water partition coefficient (Wildman–Crippen LogP) is 1.48. The van der Waals surface area contributed by atoms with Crippen molar-refractivity contribution in [3.63, 3.8) is 0 Å². The van der Waals surface area contributed by atoms with Gasteiger partial charge in [-0.2, -0.15) is 0 Å². The molecule has 2 rings (SSSR count). The van der Waals surface area contributed by atoms with Gasteiger partial charge in [-0.1, -0.05) is 17.7 Å². The van der Waals surface area contributed by atoms with E-state index >= 15 is 0 Å². The third kappa shape index (κ3) is 1.13. The third-order valence-electron chi connectivity index (χ3n) is 1.88. The van der Waals surface area contributed by atoms with Crippen LogP contribution in [0.5, 0.6) is 0 Å². The molecule has 1 aromatic rings. The molecule has 1 aromatic heterocycles. The summed E-state index contributed by atoms with van der Waals surface area (Å²) in [5.74, 6) is 0.339. The number of hydrogen-bond acceptors (Lipinski definition) is 2. The van der Waals surface area contributed by atoms with Gasteiger partial charge in [0, 0.05) is 6.42 Å². The van der Waals surface area contributed by atoms with Gasteiger partial charge in [0.2, 0.25) is 0 Å². The van der Waals surface area contributed by atoms with Gasteiger partial charge >= 0.3 is 5.76 Å². The van der Waals surface area contributed by atoms with E-state index in [1.807, 2.05) is 25.2 Å². The standard InChI is InChI=1S/C9H9NO2/c1-6-2-4-7-8(5-3-6)12-9(11)10-7/h2-4H,5H2,1H3,(H,10,11). The van der Waals surface area contributed by atoms with Crippen LogP contribution in [0.15, 0.2) is 26.9 Å². The number of fused-ring (bicyclic) bond motifs is 1. The lowest BCUT2D eigenvalue weighted by Gasteiger charge is -1.87. The molecule has 1 heterocycles. The molecule has 0 unspecified atom stereocenters. The van der Waals surface area contributed by atoms with Crippen LogP contribution in [0, 0.1) is 0 Å². The molecule has 0 saturated carbocycles. The van der Waals surface area contributed by atoms with Crippen LogP contribution in [0.25, 0.3) is 6.08 Å². The first-order chi connectivity index (χ1) is 5.75. The van der Waals surface area contributed by atoms with Crippen LogP contribution in [-0.4, -0.2) is 4.98 Å². The molecular formula is C9H9NO2. The molecule has 0 spiro atoms. The predicted molar refractivity (Wildman–Crippen MR) is 45.8 cm³/mol. The summed E-state index contributed by atoms with van der Waals surface area (Å²) >= 11 is 0. The summed E-state index contributed by atoms with van der Waals surface area (Å²) in [5.41, 5.74) is 1.97. The Morgan fingerprint density at radius 3 is 3.17 bits per heavy atom. The number of nitrogens with one attached hydrogen (secondary N) is 1. The summed E-state index contributed by atoms with van der Waals surface area (Å²) in [6.45, 7) is 2.01. The Kier molecular flexibility index (Phi) is 1.50. The first-order valence-corrected chi connectivity index (χ1v) is 3.82. The van der Waals surface area contributed by atoms with Crippen molar-refractivity contribution in [1.82, 2.24) is 4.98 Å². The van der Waals surface area contributed by atoms with E-state index in [9.17, 15) is 4.79 Å². The fourth-order valence-corrected chi connectivity index (χ4v) is 1.19. The van der Waals surface area contributed by atoms with Crippen molar-refractivity contribution in [3.8, 4) is 0 Å². The van der Waals surface area contributed by atoms with E-state index in [0.29, 0.717) is 12.2 Å². The van der Waals surface area contributed by atoms with Gasteiger partial charge in [-0.3, -0.25) is 4.98 Å². The number of aromatic nitrogens is 1. The van der Waals surface area contributed by atoms with Gasteiger partial charge in [-0.15, -0.1) is 0 Å². The van der Waals surface area contributed by atoms with Gasteiger partial charge in [0.1, 0.15) is 5.76 Å². The molecule has 12 heavy (non-hydrogen) atoms. The molecule has 0 aliphatic heterocycles. The molecule has 0 fully saturated rings. The molecule has 0 saturated heterocycles. The molecule has 3 heteroatoms. The average Bonchev–Trinajstić information content (AvgIpc) is 2.31. The topological polar surface area (TPSA) is 46.0 Å². The van der Waals surface area contributed by atoms with E-state index in [1.54, 1.807) is 0 Å². The molecule has 3 nitrogen and oxygen atoms in total. The molecule has 0 aromatic carbocycles. The van der Waals surface area contributed by atoms with Crippen LogP contribution < -0.4 is 5.76 Å². The lowest BCUT2D eigenvalue weighted by atomic mass is 10.2. The quantitative estimate of drug-likeness (QED) is 0.629. The Morgan fingerprint density at radius 2 is 2.33 bits per heavy atom. The van der Waals surface area contributed by atoms with Crippen LogP contribution >= 0.6 is 0 Å². The van der Waals surface area contributed by atoms with Gasteiger partial charge in [-0.25, -0.2) is 4.79 Å². The summed E-state index contributed by atoms with van der Waals surface area (Å²) in [7, 11) is 0. The van der Waals surface area contributed by atoms with E-state index < -0.39 is 0 Å². The van der Waals surface area contributed by atoms with Crippen molar-refractivity contribution in [2.45, 2.75) is 13.3 Å². The second-order valence-corrected chi connectivity index (χ2v) is 2.84. The summed E-state index contributed by atoms with van der Waals surface area (Å²) < 4.78 is 4.93. The number of oxazole rings is 1. The molecule has 62 valence electrons. The summed E-state index contributed by atoms with van der Waals surface area (Å²) in [5, 5.41) is 0. The Morgan fingerprint density at radius 1 is 1.50 bits per heavy atom. The minimum absolute atomic E-state index is 0.377. The Bertz CT molecular complexity index is 406. The fourth-order valence-electron chi connectivity index (χ4n) is 1.19. The van der Waals surface area contributed by atoms with Gasteiger partial charge in [0.05, 0.1) is 5.69 Å². The van der Waals surface area contributed by atoms with Gasteiger partial charge in [-0.05, 0) is 13.0 Å². The van der Waals surface area contributed by atoms with Crippen LogP contribution in [-0.2, 0) is 6.42 Å². The van der Waals surface area contributed by atoms with Gasteiger partial charge in [0.25, 0.3) is 0 Å². The second kappa shape index (κ2) is 2.52. The van der Waals surface area contributed by atoms with Gasteiger partial charge < -0.3 is 4.42 Å².